The van der Waals surface area contributed by atoms with Crippen molar-refractivity contribution in [1.29, 1.82) is 0 Å². The van der Waals surface area contributed by atoms with Crippen LogP contribution >= 0.6 is 0 Å². The average Bonchev–Trinajstić information content (AvgIpc) is 3.10. The summed E-state index contributed by atoms with van der Waals surface area (Å²) in [6, 6.07) is 0.208. The van der Waals surface area contributed by atoms with Crippen LogP contribution in [0, 0.1) is 23.2 Å². The lowest BCUT2D eigenvalue weighted by Crippen LogP contribution is -2.35. The van der Waals surface area contributed by atoms with E-state index in [0.29, 0.717) is 18.3 Å². The van der Waals surface area contributed by atoms with Gasteiger partial charge in [-0.25, -0.2) is 4.98 Å². The summed E-state index contributed by atoms with van der Waals surface area (Å²) in [5, 5.41) is 23.1. The minimum Gasteiger partial charge on any atom is -0.511 e. The van der Waals surface area contributed by atoms with Gasteiger partial charge >= 0.3 is 6.01 Å². The molecule has 7 nitrogen and oxygen atoms in total. The number of aromatic nitrogens is 3. The molecule has 0 spiro atoms. The van der Waals surface area contributed by atoms with Crippen LogP contribution in [0.3, 0.4) is 0 Å². The van der Waals surface area contributed by atoms with Gasteiger partial charge in [-0.3, -0.25) is 0 Å². The van der Waals surface area contributed by atoms with E-state index in [0.717, 1.165) is 63.4 Å². The summed E-state index contributed by atoms with van der Waals surface area (Å²) in [5.41, 5.74) is 6.78. The topological polar surface area (TPSA) is 97.6 Å². The van der Waals surface area contributed by atoms with Crippen LogP contribution in [-0.2, 0) is 4.74 Å². The highest BCUT2D eigenvalue weighted by molar-refractivity contribution is 5.78. The molecule has 52 heavy (non-hydrogen) atoms. The number of fused-ring (bicyclic) bond motifs is 3. The van der Waals surface area contributed by atoms with E-state index in [1.54, 1.807) is 11.6 Å². The first-order chi connectivity index (χ1) is 24.9. The number of unbranched alkanes of at least 4 members (excludes halogenated alkanes) is 1. The molecule has 6 rings (SSSR count). The van der Waals surface area contributed by atoms with Crippen molar-refractivity contribution >= 4 is 11.1 Å². The summed E-state index contributed by atoms with van der Waals surface area (Å²) < 4.78 is 12.9. The molecule has 1 aromatic rings. The third kappa shape index (κ3) is 8.67. The van der Waals surface area contributed by atoms with Crippen molar-refractivity contribution in [3.05, 3.63) is 81.9 Å². The first kappa shape index (κ1) is 38.3. The van der Waals surface area contributed by atoms with Crippen LogP contribution in [0.5, 0.6) is 6.01 Å². The normalized spacial score (nSPS) is 23.9. The highest BCUT2D eigenvalue weighted by Gasteiger charge is 2.38. The van der Waals surface area contributed by atoms with Crippen molar-refractivity contribution in [2.45, 2.75) is 150 Å². The molecule has 0 radical (unpaired) electrons. The zero-order chi connectivity index (χ0) is 37.0. The maximum atomic E-state index is 11.5. The van der Waals surface area contributed by atoms with Crippen molar-refractivity contribution in [3.8, 4) is 6.01 Å². The van der Waals surface area contributed by atoms with Gasteiger partial charge in [-0.2, -0.15) is 9.97 Å². The fourth-order valence-corrected chi connectivity index (χ4v) is 9.52. The van der Waals surface area contributed by atoms with Gasteiger partial charge in [-0.05, 0) is 106 Å². The number of ether oxygens (including phenoxy) is 2. The van der Waals surface area contributed by atoms with Gasteiger partial charge in [-0.15, -0.1) is 0 Å². The third-order valence-corrected chi connectivity index (χ3v) is 11.8. The highest BCUT2D eigenvalue weighted by atomic mass is 16.5. The van der Waals surface area contributed by atoms with E-state index in [1.165, 1.54) is 42.4 Å². The number of rotatable bonds is 15. The fraction of sp³-hybridized carbons (Fsp3) is 0.622. The first-order valence-electron chi connectivity index (χ1n) is 20.3. The maximum Gasteiger partial charge on any atom is 0.321 e. The van der Waals surface area contributed by atoms with E-state index in [2.05, 4.69) is 78.8 Å². The Kier molecular flexibility index (Phi) is 12.0. The lowest BCUT2D eigenvalue weighted by atomic mass is 9.66. The smallest absolute Gasteiger partial charge is 0.321 e. The van der Waals surface area contributed by atoms with Crippen molar-refractivity contribution < 1.29 is 19.7 Å². The first-order valence-corrected chi connectivity index (χ1v) is 20.3. The highest BCUT2D eigenvalue weighted by Crippen LogP contribution is 2.51. The summed E-state index contributed by atoms with van der Waals surface area (Å²) in [5.74, 6) is 1.46. The molecule has 7 heteroatoms. The second-order valence-corrected chi connectivity index (χ2v) is 17.2. The van der Waals surface area contributed by atoms with Crippen LogP contribution in [0.4, 0.5) is 0 Å². The van der Waals surface area contributed by atoms with Crippen LogP contribution in [0.15, 0.2) is 70.3 Å². The quantitative estimate of drug-likeness (QED) is 0.187. The second kappa shape index (κ2) is 16.3. The molecule has 1 heterocycles. The Morgan fingerprint density at radius 2 is 1.63 bits per heavy atom. The van der Waals surface area contributed by atoms with Gasteiger partial charge in [0, 0.05) is 23.8 Å². The number of aliphatic hydroxyl groups excluding tert-OH is 2. The van der Waals surface area contributed by atoms with Gasteiger partial charge in [0.1, 0.15) is 17.1 Å². The third-order valence-electron chi connectivity index (χ3n) is 11.8. The molecule has 4 atom stereocenters. The molecule has 5 aliphatic rings. The van der Waals surface area contributed by atoms with Gasteiger partial charge in [0.2, 0.25) is 0 Å². The van der Waals surface area contributed by atoms with Gasteiger partial charge in [0.05, 0.1) is 18.3 Å². The molecule has 282 valence electrons. The van der Waals surface area contributed by atoms with Crippen LogP contribution < -0.4 is 4.74 Å². The van der Waals surface area contributed by atoms with Crippen molar-refractivity contribution in [2.75, 3.05) is 6.61 Å². The molecule has 2 N–H and O–H groups in total. The van der Waals surface area contributed by atoms with E-state index in [9.17, 15) is 10.2 Å². The Morgan fingerprint density at radius 3 is 2.37 bits per heavy atom. The van der Waals surface area contributed by atoms with E-state index in [-0.39, 0.29) is 52.6 Å². The maximum absolute atomic E-state index is 11.5. The van der Waals surface area contributed by atoms with Crippen molar-refractivity contribution in [1.82, 2.24) is 15.0 Å². The molecule has 0 aliphatic heterocycles. The Labute approximate surface area is 312 Å². The molecular weight excluding hydrogens is 647 g/mol. The fourth-order valence-electron chi connectivity index (χ4n) is 9.52. The van der Waals surface area contributed by atoms with Crippen LogP contribution in [-0.4, -0.2) is 43.5 Å². The molecule has 1 aromatic heterocycles. The van der Waals surface area contributed by atoms with Gasteiger partial charge in [0.25, 0.3) is 0 Å². The van der Waals surface area contributed by atoms with E-state index in [1.807, 2.05) is 0 Å². The van der Waals surface area contributed by atoms with Gasteiger partial charge < -0.3 is 19.7 Å². The predicted octanol–water partition coefficient (Wildman–Crippen LogP) is 11.7. The molecule has 4 unspecified atom stereocenters. The van der Waals surface area contributed by atoms with E-state index < -0.39 is 11.7 Å². The molecule has 0 bridgehead atoms. The average molecular weight is 710 g/mol. The SMILES string of the molecule is CCCCC(CC)COC1C=C(O)C(c2nc(OC(C)(C)CC(C)(C)CCC)nc(C3=CC4=C(CCC5=C4CCCC5)C4C=CC=CC34)n2)=C(O)C1. The molecule has 0 saturated heterocycles. The summed E-state index contributed by atoms with van der Waals surface area (Å²) >= 11 is 0. The molecular formula is C45H63N3O4. The number of aliphatic hydroxyl groups is 2. The van der Waals surface area contributed by atoms with E-state index >= 15 is 0 Å². The van der Waals surface area contributed by atoms with E-state index in [4.69, 9.17) is 24.4 Å². The largest absolute Gasteiger partial charge is 0.511 e. The number of allylic oxidation sites excluding steroid dienone is 11. The number of hydrogen-bond acceptors (Lipinski definition) is 7. The Balaban J connectivity index is 1.40. The van der Waals surface area contributed by atoms with Crippen molar-refractivity contribution in [2.24, 2.45) is 23.2 Å². The number of hydrogen-bond donors (Lipinski definition) is 2. The second-order valence-electron chi connectivity index (χ2n) is 17.2. The molecule has 0 aromatic carbocycles. The Bertz CT molecular complexity index is 1700. The van der Waals surface area contributed by atoms with Crippen LogP contribution in [0.25, 0.3) is 11.1 Å². The minimum absolute atomic E-state index is 0.0170. The molecule has 0 amide bonds. The Morgan fingerprint density at radius 1 is 0.885 bits per heavy atom. The van der Waals surface area contributed by atoms with Crippen LogP contribution in [0.1, 0.15) is 150 Å². The predicted molar refractivity (Wildman–Crippen MR) is 211 cm³/mol. The zero-order valence-corrected chi connectivity index (χ0v) is 32.9. The molecule has 5 aliphatic carbocycles. The summed E-state index contributed by atoms with van der Waals surface area (Å²) in [7, 11) is 0. The summed E-state index contributed by atoms with van der Waals surface area (Å²) in [6.07, 6.45) is 27.3. The summed E-state index contributed by atoms with van der Waals surface area (Å²) in [4.78, 5) is 14.9. The summed E-state index contributed by atoms with van der Waals surface area (Å²) in [6.45, 7) is 16.0. The van der Waals surface area contributed by atoms with Crippen molar-refractivity contribution in [3.63, 3.8) is 0 Å². The Hall–Kier alpha value is -3.45. The van der Waals surface area contributed by atoms with Gasteiger partial charge in [0.15, 0.2) is 11.6 Å². The standard InChI is InChI=1S/C45H63N3O4/c1-8-11-16-29(10-3)27-51-31-24-38(49)40(39(50)25-31)42-46-41(47-43(48-42)52-45(6,7)28-44(4,5)23-9-2)37-26-36-32-18-13-12-17-30(32)21-22-35(36)33-19-14-15-20-34(33)37/h14-15,19-20,24,26,29,31,33-34,49-50H,8-13,16-18,21-23,25,27-28H2,1-7H3. The lowest BCUT2D eigenvalue weighted by molar-refractivity contribution is 0.0437. The van der Waals surface area contributed by atoms with Crippen LogP contribution in [0.2, 0.25) is 0 Å². The lowest BCUT2D eigenvalue weighted by Gasteiger charge is -2.39. The minimum atomic E-state index is -0.570. The number of nitrogens with zero attached hydrogens (tertiary/aromatic N) is 3. The molecule has 0 fully saturated rings. The van der Waals surface area contributed by atoms with Gasteiger partial charge in [-0.1, -0.05) is 95.8 Å². The zero-order valence-electron chi connectivity index (χ0n) is 32.9. The monoisotopic (exact) mass is 709 g/mol. The molecule has 0 saturated carbocycles.